The highest BCUT2D eigenvalue weighted by atomic mass is 19.1. The van der Waals surface area contributed by atoms with Crippen LogP contribution in [0.4, 0.5) is 10.1 Å². The molecule has 1 rings (SSSR count). The van der Waals surface area contributed by atoms with Gasteiger partial charge in [-0.25, -0.2) is 9.18 Å². The highest BCUT2D eigenvalue weighted by molar-refractivity contribution is 5.79. The van der Waals surface area contributed by atoms with Gasteiger partial charge in [0.25, 0.3) is 0 Å². The second kappa shape index (κ2) is 5.30. The third-order valence-corrected chi connectivity index (χ3v) is 2.62. The van der Waals surface area contributed by atoms with E-state index in [-0.39, 0.29) is 5.56 Å². The minimum absolute atomic E-state index is 0.130. The molecule has 17 heavy (non-hydrogen) atoms. The van der Waals surface area contributed by atoms with Crippen molar-refractivity contribution in [3.05, 3.63) is 29.6 Å². The Bertz CT molecular complexity index is 468. The number of hydrogen-bond donors (Lipinski definition) is 1. The topological polar surface area (TPSA) is 64.3 Å². The van der Waals surface area contributed by atoms with Crippen molar-refractivity contribution in [1.29, 1.82) is 5.26 Å². The normalized spacial score (nSPS) is 11.6. The highest BCUT2D eigenvalue weighted by Crippen LogP contribution is 2.23. The standard InChI is InChI=1S/C12H13FN2O2/c1-3-10(12(16)17)15(2)11-6-4-5-9(13)8(11)7-14/h4-6,10H,3H2,1-2H3,(H,16,17). The minimum atomic E-state index is -0.997. The number of anilines is 1. The summed E-state index contributed by atoms with van der Waals surface area (Å²) in [4.78, 5) is 12.4. The first-order valence-electron chi connectivity index (χ1n) is 5.17. The summed E-state index contributed by atoms with van der Waals surface area (Å²) in [5.41, 5.74) is 0.163. The second-order valence-corrected chi connectivity index (χ2v) is 3.62. The molecule has 4 nitrogen and oxygen atoms in total. The number of likely N-dealkylation sites (N-methyl/N-ethyl adjacent to an activating group) is 1. The van der Waals surface area contributed by atoms with E-state index in [2.05, 4.69) is 0 Å². The molecule has 5 heteroatoms. The van der Waals surface area contributed by atoms with Crippen molar-refractivity contribution < 1.29 is 14.3 Å². The third kappa shape index (κ3) is 2.53. The lowest BCUT2D eigenvalue weighted by atomic mass is 10.1. The first-order valence-corrected chi connectivity index (χ1v) is 5.17. The van der Waals surface area contributed by atoms with Crippen LogP contribution in [0.1, 0.15) is 18.9 Å². The van der Waals surface area contributed by atoms with Gasteiger partial charge in [-0.3, -0.25) is 0 Å². The summed E-state index contributed by atoms with van der Waals surface area (Å²) in [6.45, 7) is 1.72. The minimum Gasteiger partial charge on any atom is -0.480 e. The summed E-state index contributed by atoms with van der Waals surface area (Å²) in [5.74, 6) is -1.64. The Hall–Kier alpha value is -2.09. The van der Waals surface area contributed by atoms with Crippen LogP contribution < -0.4 is 4.90 Å². The maximum Gasteiger partial charge on any atom is 0.326 e. The van der Waals surface area contributed by atoms with Gasteiger partial charge in [0.15, 0.2) is 0 Å². The number of rotatable bonds is 4. The molecule has 0 bridgehead atoms. The molecule has 0 aliphatic rings. The number of halogens is 1. The van der Waals surface area contributed by atoms with Crippen molar-refractivity contribution >= 4 is 11.7 Å². The Morgan fingerprint density at radius 3 is 2.76 bits per heavy atom. The van der Waals surface area contributed by atoms with Crippen molar-refractivity contribution in [3.8, 4) is 6.07 Å². The fourth-order valence-electron chi connectivity index (χ4n) is 1.70. The summed E-state index contributed by atoms with van der Waals surface area (Å²) in [7, 11) is 1.54. The zero-order valence-electron chi connectivity index (χ0n) is 9.64. The molecule has 1 aromatic rings. The third-order valence-electron chi connectivity index (χ3n) is 2.62. The average molecular weight is 236 g/mol. The van der Waals surface area contributed by atoms with E-state index in [1.165, 1.54) is 30.1 Å². The monoisotopic (exact) mass is 236 g/mol. The van der Waals surface area contributed by atoms with E-state index in [0.717, 1.165) is 0 Å². The molecule has 0 heterocycles. The molecular weight excluding hydrogens is 223 g/mol. The summed E-state index contributed by atoms with van der Waals surface area (Å²) >= 11 is 0. The number of aliphatic carboxylic acids is 1. The number of benzene rings is 1. The van der Waals surface area contributed by atoms with Crippen molar-refractivity contribution in [3.63, 3.8) is 0 Å². The van der Waals surface area contributed by atoms with E-state index in [1.54, 1.807) is 13.0 Å². The van der Waals surface area contributed by atoms with E-state index in [1.807, 2.05) is 0 Å². The number of nitriles is 1. The summed E-state index contributed by atoms with van der Waals surface area (Å²) < 4.78 is 13.4. The van der Waals surface area contributed by atoms with Crippen LogP contribution >= 0.6 is 0 Å². The van der Waals surface area contributed by atoms with Crippen LogP contribution in [0.25, 0.3) is 0 Å². The molecule has 0 aromatic heterocycles. The summed E-state index contributed by atoms with van der Waals surface area (Å²) in [6, 6.07) is 5.15. The smallest absolute Gasteiger partial charge is 0.326 e. The van der Waals surface area contributed by atoms with E-state index < -0.39 is 17.8 Å². The van der Waals surface area contributed by atoms with Gasteiger partial charge in [0.05, 0.1) is 5.69 Å². The molecule has 0 fully saturated rings. The van der Waals surface area contributed by atoms with Crippen molar-refractivity contribution in [2.45, 2.75) is 19.4 Å². The number of carbonyl (C=O) groups is 1. The zero-order valence-corrected chi connectivity index (χ0v) is 9.64. The van der Waals surface area contributed by atoms with Gasteiger partial charge in [-0.2, -0.15) is 5.26 Å². The maximum absolute atomic E-state index is 13.4. The fraction of sp³-hybridized carbons (Fsp3) is 0.333. The van der Waals surface area contributed by atoms with Gasteiger partial charge in [-0.15, -0.1) is 0 Å². The van der Waals surface area contributed by atoms with Crippen molar-refractivity contribution in [2.75, 3.05) is 11.9 Å². The van der Waals surface area contributed by atoms with Crippen molar-refractivity contribution in [2.24, 2.45) is 0 Å². The molecule has 0 saturated heterocycles. The van der Waals surface area contributed by atoms with Gasteiger partial charge in [0, 0.05) is 7.05 Å². The van der Waals surface area contributed by atoms with Crippen LogP contribution in [0.2, 0.25) is 0 Å². The van der Waals surface area contributed by atoms with Crippen LogP contribution in [0.15, 0.2) is 18.2 Å². The first kappa shape index (κ1) is 13.0. The van der Waals surface area contributed by atoms with Crippen LogP contribution in [0, 0.1) is 17.1 Å². The second-order valence-electron chi connectivity index (χ2n) is 3.62. The predicted molar refractivity (Wildman–Crippen MR) is 61.2 cm³/mol. The molecule has 1 atom stereocenters. The van der Waals surface area contributed by atoms with Gasteiger partial charge in [0.2, 0.25) is 0 Å². The molecule has 1 unspecified atom stereocenters. The molecule has 90 valence electrons. The Labute approximate surface area is 98.9 Å². The van der Waals surface area contributed by atoms with Crippen LogP contribution in [-0.2, 0) is 4.79 Å². The van der Waals surface area contributed by atoms with E-state index in [0.29, 0.717) is 12.1 Å². The van der Waals surface area contributed by atoms with Crippen LogP contribution in [0.3, 0.4) is 0 Å². The molecule has 1 aromatic carbocycles. The molecule has 0 spiro atoms. The maximum atomic E-state index is 13.4. The number of hydrogen-bond acceptors (Lipinski definition) is 3. The molecule has 0 aliphatic heterocycles. The highest BCUT2D eigenvalue weighted by Gasteiger charge is 2.23. The lowest BCUT2D eigenvalue weighted by Gasteiger charge is -2.26. The lowest BCUT2D eigenvalue weighted by Crippen LogP contribution is -2.38. The van der Waals surface area contributed by atoms with Gasteiger partial charge in [-0.1, -0.05) is 13.0 Å². The molecule has 0 amide bonds. The first-order chi connectivity index (χ1) is 8.02. The summed E-state index contributed by atoms with van der Waals surface area (Å²) in [5, 5.41) is 17.9. The van der Waals surface area contributed by atoms with Gasteiger partial charge in [0.1, 0.15) is 23.5 Å². The van der Waals surface area contributed by atoms with Crippen LogP contribution in [-0.4, -0.2) is 24.2 Å². The van der Waals surface area contributed by atoms with Gasteiger partial charge >= 0.3 is 5.97 Å². The molecule has 1 N–H and O–H groups in total. The average Bonchev–Trinajstić information content (AvgIpc) is 2.28. The van der Waals surface area contributed by atoms with Gasteiger partial charge < -0.3 is 10.0 Å². The molecule has 0 aliphatic carbocycles. The zero-order chi connectivity index (χ0) is 13.0. The van der Waals surface area contributed by atoms with Crippen molar-refractivity contribution in [1.82, 2.24) is 0 Å². The molecule has 0 radical (unpaired) electrons. The summed E-state index contributed by atoms with van der Waals surface area (Å²) in [6.07, 6.45) is 0.368. The Morgan fingerprint density at radius 1 is 1.65 bits per heavy atom. The largest absolute Gasteiger partial charge is 0.480 e. The van der Waals surface area contributed by atoms with E-state index in [9.17, 15) is 9.18 Å². The number of carboxylic acid groups (broad SMARTS) is 1. The van der Waals surface area contributed by atoms with Crippen LogP contribution in [0.5, 0.6) is 0 Å². The van der Waals surface area contributed by atoms with Gasteiger partial charge in [-0.05, 0) is 18.6 Å². The Morgan fingerprint density at radius 2 is 2.29 bits per heavy atom. The van der Waals surface area contributed by atoms with E-state index in [4.69, 9.17) is 10.4 Å². The quantitative estimate of drug-likeness (QED) is 0.868. The fourth-order valence-corrected chi connectivity index (χ4v) is 1.70. The Balaban J connectivity index is 3.21. The SMILES string of the molecule is CCC(C(=O)O)N(C)c1cccc(F)c1C#N. The number of carboxylic acids is 1. The Kier molecular flexibility index (Phi) is 4.05. The lowest BCUT2D eigenvalue weighted by molar-refractivity contribution is -0.138. The molecular formula is C12H13FN2O2. The molecule has 0 saturated carbocycles. The van der Waals surface area contributed by atoms with E-state index >= 15 is 0 Å². The number of nitrogens with zero attached hydrogens (tertiary/aromatic N) is 2. The predicted octanol–water partition coefficient (Wildman–Crippen LogP) is 2.00.